The maximum Gasteiger partial charge on any atom is 0.277 e. The molecule has 7 heteroatoms. The number of halogens is 1. The molecule has 1 N–H and O–H groups in total. The van der Waals surface area contributed by atoms with E-state index in [4.69, 9.17) is 4.42 Å². The normalized spacial score (nSPS) is 15.6. The van der Waals surface area contributed by atoms with E-state index in [2.05, 4.69) is 15.5 Å². The molecule has 0 radical (unpaired) electrons. The van der Waals surface area contributed by atoms with Crippen LogP contribution in [0.3, 0.4) is 0 Å². The number of nitrogens with one attached hydrogen (secondary N) is 1. The van der Waals surface area contributed by atoms with Crippen molar-refractivity contribution in [3.63, 3.8) is 0 Å². The van der Waals surface area contributed by atoms with Gasteiger partial charge in [0.2, 0.25) is 11.8 Å². The third-order valence-corrected chi connectivity index (χ3v) is 4.37. The minimum absolute atomic E-state index is 0.237. The molecule has 1 amide bonds. The molecule has 1 atom stereocenters. The Bertz CT molecular complexity index is 700. The molecule has 22 heavy (non-hydrogen) atoms. The molecule has 1 aromatic carbocycles. The van der Waals surface area contributed by atoms with Crippen molar-refractivity contribution < 1.29 is 13.6 Å². The monoisotopic (exact) mass is 321 g/mol. The molecular formula is C15H16FN3O2S. The van der Waals surface area contributed by atoms with Gasteiger partial charge in [0.15, 0.2) is 0 Å². The van der Waals surface area contributed by atoms with Gasteiger partial charge in [-0.05, 0) is 44.4 Å². The summed E-state index contributed by atoms with van der Waals surface area (Å²) in [7, 11) is 0. The van der Waals surface area contributed by atoms with Crippen LogP contribution in [-0.2, 0) is 4.79 Å². The minimum Gasteiger partial charge on any atom is -0.416 e. The summed E-state index contributed by atoms with van der Waals surface area (Å²) < 4.78 is 19.0. The number of aromatic nitrogens is 2. The highest BCUT2D eigenvalue weighted by atomic mass is 32.2. The van der Waals surface area contributed by atoms with Gasteiger partial charge < -0.3 is 9.73 Å². The number of rotatable bonds is 5. The highest BCUT2D eigenvalue weighted by molar-refractivity contribution is 8.00. The van der Waals surface area contributed by atoms with Crippen molar-refractivity contribution in [1.82, 2.24) is 10.2 Å². The number of benzene rings is 1. The van der Waals surface area contributed by atoms with E-state index in [9.17, 15) is 9.18 Å². The maximum absolute atomic E-state index is 13.5. The van der Waals surface area contributed by atoms with Gasteiger partial charge in [0.25, 0.3) is 5.22 Å². The number of carbonyl (C=O) groups is 1. The number of anilines is 1. The topological polar surface area (TPSA) is 68.0 Å². The van der Waals surface area contributed by atoms with E-state index in [-0.39, 0.29) is 11.7 Å². The van der Waals surface area contributed by atoms with Crippen molar-refractivity contribution in [3.8, 4) is 0 Å². The van der Waals surface area contributed by atoms with Crippen LogP contribution in [0.1, 0.15) is 37.1 Å². The SMILES string of the molecule is Cc1ccc(NC(=O)[C@H](C)Sc2nnc(C3CC3)o2)cc1F. The van der Waals surface area contributed by atoms with Crippen molar-refractivity contribution in [2.45, 2.75) is 43.1 Å². The van der Waals surface area contributed by atoms with Gasteiger partial charge in [0, 0.05) is 11.6 Å². The van der Waals surface area contributed by atoms with E-state index in [1.54, 1.807) is 26.0 Å². The lowest BCUT2D eigenvalue weighted by molar-refractivity contribution is -0.115. The largest absolute Gasteiger partial charge is 0.416 e. The van der Waals surface area contributed by atoms with Crippen molar-refractivity contribution in [2.24, 2.45) is 0 Å². The Balaban J connectivity index is 1.59. The van der Waals surface area contributed by atoms with Crippen LogP contribution in [0.2, 0.25) is 0 Å². The lowest BCUT2D eigenvalue weighted by Gasteiger charge is -2.10. The predicted molar refractivity (Wildman–Crippen MR) is 81.4 cm³/mol. The Morgan fingerprint density at radius 3 is 2.91 bits per heavy atom. The highest BCUT2D eigenvalue weighted by Gasteiger charge is 2.30. The second-order valence-electron chi connectivity index (χ2n) is 5.39. The molecule has 0 unspecified atom stereocenters. The number of aryl methyl sites for hydroxylation is 1. The molecule has 1 fully saturated rings. The molecule has 3 rings (SSSR count). The van der Waals surface area contributed by atoms with Gasteiger partial charge in [-0.1, -0.05) is 17.8 Å². The van der Waals surface area contributed by atoms with Crippen LogP contribution in [0, 0.1) is 12.7 Å². The quantitative estimate of drug-likeness (QED) is 0.854. The summed E-state index contributed by atoms with van der Waals surface area (Å²) in [5.74, 6) is 0.459. The van der Waals surface area contributed by atoms with E-state index in [1.165, 1.54) is 17.8 Å². The fraction of sp³-hybridized carbons (Fsp3) is 0.400. The number of nitrogens with zero attached hydrogens (tertiary/aromatic N) is 2. The number of amides is 1. The van der Waals surface area contributed by atoms with Gasteiger partial charge >= 0.3 is 0 Å². The molecular weight excluding hydrogens is 305 g/mol. The summed E-state index contributed by atoms with van der Waals surface area (Å²) in [6.07, 6.45) is 2.17. The van der Waals surface area contributed by atoms with Crippen LogP contribution in [0.5, 0.6) is 0 Å². The highest BCUT2D eigenvalue weighted by Crippen LogP contribution is 2.40. The van der Waals surface area contributed by atoms with E-state index in [0.29, 0.717) is 28.3 Å². The van der Waals surface area contributed by atoms with Gasteiger partial charge in [-0.3, -0.25) is 4.79 Å². The van der Waals surface area contributed by atoms with Gasteiger partial charge in [0.1, 0.15) is 5.82 Å². The average molecular weight is 321 g/mol. The first-order chi connectivity index (χ1) is 10.5. The third-order valence-electron chi connectivity index (χ3n) is 3.43. The first-order valence-corrected chi connectivity index (χ1v) is 7.98. The Labute approximate surface area is 131 Å². The van der Waals surface area contributed by atoms with Crippen molar-refractivity contribution in [3.05, 3.63) is 35.5 Å². The molecule has 1 saturated carbocycles. The van der Waals surface area contributed by atoms with Gasteiger partial charge in [-0.2, -0.15) is 0 Å². The number of thioether (sulfide) groups is 1. The summed E-state index contributed by atoms with van der Waals surface area (Å²) in [4.78, 5) is 12.1. The fourth-order valence-electron chi connectivity index (χ4n) is 1.88. The summed E-state index contributed by atoms with van der Waals surface area (Å²) in [6.45, 7) is 3.41. The van der Waals surface area contributed by atoms with Gasteiger partial charge in [-0.25, -0.2) is 4.39 Å². The average Bonchev–Trinajstić information content (AvgIpc) is 3.23. The van der Waals surface area contributed by atoms with E-state index in [0.717, 1.165) is 12.8 Å². The lowest BCUT2D eigenvalue weighted by Crippen LogP contribution is -2.22. The van der Waals surface area contributed by atoms with Crippen LogP contribution >= 0.6 is 11.8 Å². The van der Waals surface area contributed by atoms with E-state index >= 15 is 0 Å². The zero-order chi connectivity index (χ0) is 15.7. The molecule has 5 nitrogen and oxygen atoms in total. The zero-order valence-corrected chi connectivity index (χ0v) is 13.1. The van der Waals surface area contributed by atoms with Crippen molar-refractivity contribution in [1.29, 1.82) is 0 Å². The smallest absolute Gasteiger partial charge is 0.277 e. The number of hydrogen-bond donors (Lipinski definition) is 1. The minimum atomic E-state index is -0.420. The maximum atomic E-state index is 13.5. The molecule has 0 aliphatic heterocycles. The Morgan fingerprint density at radius 2 is 2.23 bits per heavy atom. The molecule has 1 aromatic heterocycles. The molecule has 0 spiro atoms. The summed E-state index contributed by atoms with van der Waals surface area (Å²) in [5.41, 5.74) is 0.976. The van der Waals surface area contributed by atoms with Crippen LogP contribution < -0.4 is 5.32 Å². The molecule has 116 valence electrons. The van der Waals surface area contributed by atoms with Crippen molar-refractivity contribution >= 4 is 23.4 Å². The standard InChI is InChI=1S/C15H16FN3O2S/c1-8-3-6-11(7-12(8)16)17-13(20)9(2)22-15-19-18-14(21-15)10-4-5-10/h3,6-7,9-10H,4-5H2,1-2H3,(H,17,20)/t9-/m0/s1. The number of hydrogen-bond acceptors (Lipinski definition) is 5. The van der Waals surface area contributed by atoms with Gasteiger partial charge in [0.05, 0.1) is 5.25 Å². The summed E-state index contributed by atoms with van der Waals surface area (Å²) >= 11 is 1.20. The Hall–Kier alpha value is -1.89. The number of carbonyl (C=O) groups excluding carboxylic acids is 1. The fourth-order valence-corrected chi connectivity index (χ4v) is 2.57. The molecule has 1 aliphatic rings. The Morgan fingerprint density at radius 1 is 1.45 bits per heavy atom. The van der Waals surface area contributed by atoms with Crippen LogP contribution in [0.4, 0.5) is 10.1 Å². The molecule has 2 aromatic rings. The summed E-state index contributed by atoms with van der Waals surface area (Å²) in [5, 5.41) is 10.6. The van der Waals surface area contributed by atoms with Crippen molar-refractivity contribution in [2.75, 3.05) is 5.32 Å². The Kier molecular flexibility index (Phi) is 4.15. The first kappa shape index (κ1) is 15.0. The molecule has 1 heterocycles. The second-order valence-corrected chi connectivity index (χ2v) is 6.69. The molecule has 0 saturated heterocycles. The van der Waals surface area contributed by atoms with E-state index in [1.807, 2.05) is 0 Å². The van der Waals surface area contributed by atoms with Crippen LogP contribution in [0.15, 0.2) is 27.8 Å². The lowest BCUT2D eigenvalue weighted by atomic mass is 10.2. The van der Waals surface area contributed by atoms with Gasteiger partial charge in [-0.15, -0.1) is 10.2 Å². The zero-order valence-electron chi connectivity index (χ0n) is 12.3. The van der Waals surface area contributed by atoms with E-state index < -0.39 is 5.25 Å². The molecule has 1 aliphatic carbocycles. The summed E-state index contributed by atoms with van der Waals surface area (Å²) in [6, 6.07) is 4.61. The van der Waals surface area contributed by atoms with Crippen LogP contribution in [0.25, 0.3) is 0 Å². The van der Waals surface area contributed by atoms with Crippen LogP contribution in [-0.4, -0.2) is 21.4 Å². The molecule has 0 bridgehead atoms. The third kappa shape index (κ3) is 3.47. The first-order valence-electron chi connectivity index (χ1n) is 7.10. The predicted octanol–water partition coefficient (Wildman–Crippen LogP) is 3.51. The second kappa shape index (κ2) is 6.08.